The van der Waals surface area contributed by atoms with Gasteiger partial charge in [0.25, 0.3) is 0 Å². The Hall–Kier alpha value is -1.51. The summed E-state index contributed by atoms with van der Waals surface area (Å²) in [5.74, 6) is 0.986. The molecule has 3 rings (SSSR count). The van der Waals surface area contributed by atoms with E-state index in [0.29, 0.717) is 18.1 Å². The molecule has 0 bridgehead atoms. The van der Waals surface area contributed by atoms with E-state index in [2.05, 4.69) is 36.0 Å². The summed E-state index contributed by atoms with van der Waals surface area (Å²) in [4.78, 5) is 12.2. The fraction of sp³-hybridized carbons (Fsp3) is 0.182. The highest BCUT2D eigenvalue weighted by Crippen LogP contribution is 2.29. The first-order valence-electron chi connectivity index (χ1n) is 5.54. The van der Waals surface area contributed by atoms with Gasteiger partial charge in [-0.2, -0.15) is 4.98 Å². The molecule has 3 aromatic rings. The van der Waals surface area contributed by atoms with Crippen molar-refractivity contribution in [2.75, 3.05) is 0 Å². The van der Waals surface area contributed by atoms with Crippen molar-refractivity contribution in [1.29, 1.82) is 0 Å². The lowest BCUT2D eigenvalue weighted by Crippen LogP contribution is -2.13. The minimum Gasteiger partial charge on any atom is -0.348 e. The zero-order valence-corrected chi connectivity index (χ0v) is 12.1. The van der Waals surface area contributed by atoms with Gasteiger partial charge in [-0.3, -0.25) is 0 Å². The van der Waals surface area contributed by atoms with E-state index >= 15 is 0 Å². The maximum absolute atomic E-state index is 6.03. The van der Waals surface area contributed by atoms with Crippen LogP contribution in [-0.4, -0.2) is 20.1 Å². The number of nitrogens with one attached hydrogen (secondary N) is 1. The van der Waals surface area contributed by atoms with E-state index in [1.54, 1.807) is 23.9 Å². The third-order valence-electron chi connectivity index (χ3n) is 2.55. The Kier molecular flexibility index (Phi) is 3.45. The van der Waals surface area contributed by atoms with Gasteiger partial charge in [0.15, 0.2) is 0 Å². The lowest BCUT2D eigenvalue weighted by molar-refractivity contribution is 0.354. The summed E-state index contributed by atoms with van der Waals surface area (Å²) in [5.41, 5.74) is 6.97. The molecule has 6 nitrogen and oxygen atoms in total. The highest BCUT2D eigenvalue weighted by atomic mass is 79.9. The van der Waals surface area contributed by atoms with E-state index in [0.717, 1.165) is 14.4 Å². The van der Waals surface area contributed by atoms with Gasteiger partial charge in [0, 0.05) is 18.3 Å². The quantitative estimate of drug-likeness (QED) is 0.761. The lowest BCUT2D eigenvalue weighted by Gasteiger charge is -2.03. The third-order valence-corrected chi connectivity index (χ3v) is 4.17. The number of rotatable bonds is 4. The first kappa shape index (κ1) is 12.5. The fourth-order valence-electron chi connectivity index (χ4n) is 1.64. The van der Waals surface area contributed by atoms with Gasteiger partial charge in [-0.25, -0.2) is 4.98 Å². The number of H-pyrrole nitrogens is 1. The van der Waals surface area contributed by atoms with E-state index in [9.17, 15) is 0 Å². The van der Waals surface area contributed by atoms with Crippen LogP contribution in [0.4, 0.5) is 0 Å². The van der Waals surface area contributed by atoms with E-state index in [4.69, 9.17) is 10.3 Å². The standard InChI is InChI=1S/C11H10BrN5OS/c12-9-2-1-8(19-9)10-16-11(18-17-10)7(13)3-6-4-14-5-15-6/h1-2,4-5,7H,3,13H2,(H,14,15). The van der Waals surface area contributed by atoms with Crippen molar-refractivity contribution in [3.05, 3.63) is 40.0 Å². The number of hydrogen-bond donors (Lipinski definition) is 2. The van der Waals surface area contributed by atoms with Gasteiger partial charge in [0.1, 0.15) is 0 Å². The second-order valence-corrected chi connectivity index (χ2v) is 6.41. The molecule has 98 valence electrons. The molecule has 0 aliphatic carbocycles. The van der Waals surface area contributed by atoms with Gasteiger partial charge < -0.3 is 15.2 Å². The number of nitrogens with two attached hydrogens (primary N) is 1. The van der Waals surface area contributed by atoms with Gasteiger partial charge in [0.05, 0.1) is 21.0 Å². The molecule has 0 saturated heterocycles. The Bertz CT molecular complexity index is 662. The van der Waals surface area contributed by atoms with Crippen molar-refractivity contribution in [3.8, 4) is 10.7 Å². The summed E-state index contributed by atoms with van der Waals surface area (Å²) < 4.78 is 6.23. The molecule has 3 aromatic heterocycles. The van der Waals surface area contributed by atoms with Crippen LogP contribution < -0.4 is 5.73 Å². The molecule has 0 fully saturated rings. The monoisotopic (exact) mass is 339 g/mol. The van der Waals surface area contributed by atoms with Crippen molar-refractivity contribution in [2.24, 2.45) is 5.73 Å². The number of halogens is 1. The number of aromatic amines is 1. The molecule has 3 N–H and O–H groups in total. The molecule has 0 saturated carbocycles. The van der Waals surface area contributed by atoms with Crippen molar-refractivity contribution >= 4 is 27.3 Å². The van der Waals surface area contributed by atoms with Crippen LogP contribution in [-0.2, 0) is 6.42 Å². The van der Waals surface area contributed by atoms with E-state index in [1.807, 2.05) is 12.1 Å². The second-order valence-electron chi connectivity index (χ2n) is 3.95. The largest absolute Gasteiger partial charge is 0.348 e. The highest BCUT2D eigenvalue weighted by molar-refractivity contribution is 9.11. The van der Waals surface area contributed by atoms with Crippen LogP contribution in [0.3, 0.4) is 0 Å². The number of nitrogens with zero attached hydrogens (tertiary/aromatic N) is 3. The smallest absolute Gasteiger partial charge is 0.244 e. The Morgan fingerprint density at radius 1 is 1.47 bits per heavy atom. The molecular formula is C11H10BrN5OS. The second kappa shape index (κ2) is 5.24. The summed E-state index contributed by atoms with van der Waals surface area (Å²) in [6.45, 7) is 0. The van der Waals surface area contributed by atoms with E-state index < -0.39 is 0 Å². The van der Waals surface area contributed by atoms with Crippen LogP contribution in [0, 0.1) is 0 Å². The van der Waals surface area contributed by atoms with Gasteiger partial charge in [-0.05, 0) is 28.1 Å². The van der Waals surface area contributed by atoms with Gasteiger partial charge in [0.2, 0.25) is 11.7 Å². The highest BCUT2D eigenvalue weighted by Gasteiger charge is 2.17. The topological polar surface area (TPSA) is 93.6 Å². The number of imidazole rings is 1. The van der Waals surface area contributed by atoms with Gasteiger partial charge >= 0.3 is 0 Å². The minimum absolute atomic E-state index is 0.342. The van der Waals surface area contributed by atoms with Crippen LogP contribution in [0.15, 0.2) is 33.0 Å². The Morgan fingerprint density at radius 2 is 2.37 bits per heavy atom. The summed E-state index contributed by atoms with van der Waals surface area (Å²) in [7, 11) is 0. The normalized spacial score (nSPS) is 12.7. The molecule has 8 heteroatoms. The van der Waals surface area contributed by atoms with E-state index in [-0.39, 0.29) is 6.04 Å². The molecule has 1 unspecified atom stereocenters. The predicted molar refractivity (Wildman–Crippen MR) is 74.5 cm³/mol. The Morgan fingerprint density at radius 3 is 3.05 bits per heavy atom. The predicted octanol–water partition coefficient (Wildman–Crippen LogP) is 2.53. The van der Waals surface area contributed by atoms with Gasteiger partial charge in [-0.15, -0.1) is 11.3 Å². The van der Waals surface area contributed by atoms with Crippen LogP contribution in [0.25, 0.3) is 10.7 Å². The molecule has 0 aliphatic rings. The molecule has 0 radical (unpaired) electrons. The summed E-state index contributed by atoms with van der Waals surface area (Å²) >= 11 is 4.95. The molecule has 19 heavy (non-hydrogen) atoms. The van der Waals surface area contributed by atoms with Crippen molar-refractivity contribution in [2.45, 2.75) is 12.5 Å². The SMILES string of the molecule is NC(Cc1cnc[nH]1)c1nc(-c2ccc(Br)s2)no1. The Labute approximate surface area is 121 Å². The van der Waals surface area contributed by atoms with Crippen LogP contribution >= 0.6 is 27.3 Å². The maximum Gasteiger partial charge on any atom is 0.244 e. The Balaban J connectivity index is 1.77. The van der Waals surface area contributed by atoms with Crippen molar-refractivity contribution in [3.63, 3.8) is 0 Å². The zero-order valence-electron chi connectivity index (χ0n) is 9.71. The lowest BCUT2D eigenvalue weighted by atomic mass is 10.2. The van der Waals surface area contributed by atoms with Crippen molar-refractivity contribution in [1.82, 2.24) is 20.1 Å². The first-order chi connectivity index (χ1) is 9.22. The fourth-order valence-corrected chi connectivity index (χ4v) is 2.95. The molecule has 3 heterocycles. The van der Waals surface area contributed by atoms with Gasteiger partial charge in [-0.1, -0.05) is 5.16 Å². The van der Waals surface area contributed by atoms with Crippen molar-refractivity contribution < 1.29 is 4.52 Å². The molecular weight excluding hydrogens is 330 g/mol. The summed E-state index contributed by atoms with van der Waals surface area (Å²) in [6, 6.07) is 3.54. The van der Waals surface area contributed by atoms with Crippen LogP contribution in [0.2, 0.25) is 0 Å². The van der Waals surface area contributed by atoms with E-state index in [1.165, 1.54) is 0 Å². The summed E-state index contributed by atoms with van der Waals surface area (Å²) in [5, 5.41) is 3.95. The van der Waals surface area contributed by atoms with Crippen LogP contribution in [0.1, 0.15) is 17.6 Å². The third kappa shape index (κ3) is 2.75. The van der Waals surface area contributed by atoms with Crippen LogP contribution in [0.5, 0.6) is 0 Å². The average Bonchev–Trinajstić information content (AvgIpc) is 3.07. The molecule has 0 aromatic carbocycles. The number of aromatic nitrogens is 4. The number of hydrogen-bond acceptors (Lipinski definition) is 6. The molecule has 1 atom stereocenters. The first-order valence-corrected chi connectivity index (χ1v) is 7.15. The molecule has 0 amide bonds. The summed E-state index contributed by atoms with van der Waals surface area (Å²) in [6.07, 6.45) is 3.92. The minimum atomic E-state index is -0.342. The zero-order chi connectivity index (χ0) is 13.2. The average molecular weight is 340 g/mol. The molecule has 0 spiro atoms. The molecule has 0 aliphatic heterocycles. The number of thiophene rings is 1. The maximum atomic E-state index is 6.03.